The van der Waals surface area contributed by atoms with Crippen LogP contribution in [0.25, 0.3) is 0 Å². The van der Waals surface area contributed by atoms with E-state index in [1.807, 2.05) is 18.2 Å². The summed E-state index contributed by atoms with van der Waals surface area (Å²) < 4.78 is 47.2. The summed E-state index contributed by atoms with van der Waals surface area (Å²) in [6, 6.07) is 7.06. The van der Waals surface area contributed by atoms with Gasteiger partial charge < -0.3 is 14.6 Å². The van der Waals surface area contributed by atoms with Gasteiger partial charge in [0, 0.05) is 6.42 Å². The van der Waals surface area contributed by atoms with Crippen LogP contribution in [0, 0.1) is 0 Å². The van der Waals surface area contributed by atoms with Crippen LogP contribution < -0.4 is 4.90 Å². The lowest BCUT2D eigenvalue weighted by atomic mass is 9.96. The first-order valence-electron chi connectivity index (χ1n) is 7.32. The molecule has 1 aromatic rings. The summed E-state index contributed by atoms with van der Waals surface area (Å²) in [5.74, 6) is 0. The molecule has 0 saturated carbocycles. The molecule has 0 radical (unpaired) electrons. The number of amides is 1. The molecule has 1 amide bonds. The first-order chi connectivity index (χ1) is 10.9. The van der Waals surface area contributed by atoms with Gasteiger partial charge in [-0.2, -0.15) is 13.2 Å². The molecule has 1 fully saturated rings. The highest BCUT2D eigenvalue weighted by atomic mass is 19.4. The second-order valence-corrected chi connectivity index (χ2v) is 5.57. The lowest BCUT2D eigenvalue weighted by Gasteiger charge is -2.30. The van der Waals surface area contributed by atoms with Gasteiger partial charge >= 0.3 is 12.3 Å². The van der Waals surface area contributed by atoms with E-state index in [0.717, 1.165) is 17.7 Å². The number of halogens is 3. The standard InChI is InChI=1S/C15H16F3NO4/c16-15(17,18)12(20)7-8-22-13-11-6-5-9-3-1-2-4-10(9)19(11)14(21)23-13/h1-4,11-13,20H,5-8H2/t11?,12?,13-/m1/s1. The van der Waals surface area contributed by atoms with Crippen molar-refractivity contribution in [2.45, 2.75) is 43.9 Å². The highest BCUT2D eigenvalue weighted by molar-refractivity contribution is 5.92. The third-order valence-electron chi connectivity index (χ3n) is 4.07. The lowest BCUT2D eigenvalue weighted by molar-refractivity contribution is -0.212. The Kier molecular flexibility index (Phi) is 4.20. The molecule has 23 heavy (non-hydrogen) atoms. The number of para-hydroxylation sites is 1. The van der Waals surface area contributed by atoms with Crippen LogP contribution in [0.3, 0.4) is 0 Å². The number of ether oxygens (including phenoxy) is 2. The van der Waals surface area contributed by atoms with E-state index in [1.165, 1.54) is 4.90 Å². The Morgan fingerprint density at radius 2 is 2.13 bits per heavy atom. The van der Waals surface area contributed by atoms with E-state index in [-0.39, 0.29) is 12.6 Å². The molecular weight excluding hydrogens is 315 g/mol. The fourth-order valence-electron chi connectivity index (χ4n) is 2.90. The monoisotopic (exact) mass is 331 g/mol. The smallest absolute Gasteiger partial charge is 0.417 e. The van der Waals surface area contributed by atoms with E-state index in [9.17, 15) is 18.0 Å². The third-order valence-corrected chi connectivity index (χ3v) is 4.07. The highest BCUT2D eigenvalue weighted by Gasteiger charge is 2.46. The molecule has 0 spiro atoms. The van der Waals surface area contributed by atoms with Crippen LogP contribution in [0.15, 0.2) is 24.3 Å². The van der Waals surface area contributed by atoms with Gasteiger partial charge in [-0.05, 0) is 24.5 Å². The fourth-order valence-corrected chi connectivity index (χ4v) is 2.90. The molecule has 0 aromatic heterocycles. The molecule has 2 aliphatic rings. The second kappa shape index (κ2) is 6.01. The zero-order valence-corrected chi connectivity index (χ0v) is 12.1. The normalized spacial score (nSPS) is 24.9. The van der Waals surface area contributed by atoms with Crippen LogP contribution >= 0.6 is 0 Å². The topological polar surface area (TPSA) is 59.0 Å². The van der Waals surface area contributed by atoms with Crippen LogP contribution in [0.1, 0.15) is 18.4 Å². The quantitative estimate of drug-likeness (QED) is 0.921. The third kappa shape index (κ3) is 3.13. The van der Waals surface area contributed by atoms with E-state index in [1.54, 1.807) is 6.07 Å². The molecule has 1 aromatic carbocycles. The van der Waals surface area contributed by atoms with Crippen molar-refractivity contribution in [2.75, 3.05) is 11.5 Å². The number of aliphatic hydroxyl groups is 1. The molecule has 3 atom stereocenters. The molecule has 5 nitrogen and oxygen atoms in total. The minimum Gasteiger partial charge on any atom is -0.417 e. The van der Waals surface area contributed by atoms with Crippen LogP contribution in [-0.2, 0) is 15.9 Å². The van der Waals surface area contributed by atoms with E-state index < -0.39 is 31.1 Å². The van der Waals surface area contributed by atoms with Gasteiger partial charge in [0.2, 0.25) is 6.29 Å². The molecule has 0 bridgehead atoms. The number of carbonyl (C=O) groups is 1. The van der Waals surface area contributed by atoms with E-state index in [2.05, 4.69) is 0 Å². The van der Waals surface area contributed by atoms with E-state index in [0.29, 0.717) is 6.42 Å². The molecular formula is C15H16F3NO4. The average Bonchev–Trinajstić information content (AvgIpc) is 2.83. The summed E-state index contributed by atoms with van der Waals surface area (Å²) in [6.45, 7) is -0.343. The fraction of sp³-hybridized carbons (Fsp3) is 0.533. The molecule has 126 valence electrons. The Hall–Kier alpha value is -1.80. The van der Waals surface area contributed by atoms with Gasteiger partial charge in [0.15, 0.2) is 6.10 Å². The average molecular weight is 331 g/mol. The van der Waals surface area contributed by atoms with Crippen molar-refractivity contribution in [2.24, 2.45) is 0 Å². The summed E-state index contributed by atoms with van der Waals surface area (Å²) in [5, 5.41) is 8.95. The summed E-state index contributed by atoms with van der Waals surface area (Å²) in [5.41, 5.74) is 1.77. The van der Waals surface area contributed by atoms with E-state index >= 15 is 0 Å². The molecule has 3 rings (SSSR count). The number of aliphatic hydroxyl groups excluding tert-OH is 1. The minimum absolute atomic E-state index is 0.343. The number of cyclic esters (lactones) is 1. The summed E-state index contributed by atoms with van der Waals surface area (Å²) in [4.78, 5) is 13.5. The van der Waals surface area contributed by atoms with Gasteiger partial charge in [-0.3, -0.25) is 4.90 Å². The van der Waals surface area contributed by atoms with Crippen LogP contribution in [0.4, 0.5) is 23.7 Å². The number of nitrogens with zero attached hydrogens (tertiary/aromatic N) is 1. The Bertz CT molecular complexity index is 592. The van der Waals surface area contributed by atoms with Gasteiger partial charge in [0.25, 0.3) is 0 Å². The number of rotatable bonds is 4. The molecule has 2 heterocycles. The Morgan fingerprint density at radius 3 is 2.87 bits per heavy atom. The predicted octanol–water partition coefficient (Wildman–Crippen LogP) is 2.61. The Labute approximate surface area is 130 Å². The number of aryl methyl sites for hydroxylation is 1. The zero-order chi connectivity index (χ0) is 16.6. The molecule has 1 N–H and O–H groups in total. The van der Waals surface area contributed by atoms with Crippen molar-refractivity contribution in [1.82, 2.24) is 0 Å². The first-order valence-corrected chi connectivity index (χ1v) is 7.32. The summed E-state index contributed by atoms with van der Waals surface area (Å²) >= 11 is 0. The lowest BCUT2D eigenvalue weighted by Crippen LogP contribution is -2.41. The van der Waals surface area contributed by atoms with Crippen molar-refractivity contribution in [3.63, 3.8) is 0 Å². The number of benzene rings is 1. The highest BCUT2D eigenvalue weighted by Crippen LogP contribution is 2.37. The predicted molar refractivity (Wildman–Crippen MR) is 73.9 cm³/mol. The molecule has 1 saturated heterocycles. The first kappa shape index (κ1) is 16.1. The molecule has 8 heteroatoms. The molecule has 2 aliphatic heterocycles. The number of carbonyl (C=O) groups excluding carboxylic acids is 1. The minimum atomic E-state index is -4.68. The number of hydrogen-bond donors (Lipinski definition) is 1. The second-order valence-electron chi connectivity index (χ2n) is 5.57. The molecule has 2 unspecified atom stereocenters. The number of anilines is 1. The van der Waals surface area contributed by atoms with Gasteiger partial charge in [-0.15, -0.1) is 0 Å². The van der Waals surface area contributed by atoms with Crippen molar-refractivity contribution >= 4 is 11.8 Å². The van der Waals surface area contributed by atoms with Gasteiger partial charge in [-0.1, -0.05) is 18.2 Å². The van der Waals surface area contributed by atoms with Crippen molar-refractivity contribution in [3.05, 3.63) is 29.8 Å². The van der Waals surface area contributed by atoms with Gasteiger partial charge in [0.05, 0.1) is 12.3 Å². The maximum Gasteiger partial charge on any atom is 0.417 e. The van der Waals surface area contributed by atoms with Crippen LogP contribution in [0.5, 0.6) is 0 Å². The zero-order valence-electron chi connectivity index (χ0n) is 12.1. The van der Waals surface area contributed by atoms with Crippen molar-refractivity contribution in [1.29, 1.82) is 0 Å². The van der Waals surface area contributed by atoms with Crippen molar-refractivity contribution < 1.29 is 32.5 Å². The van der Waals surface area contributed by atoms with Crippen LogP contribution in [-0.4, -0.2) is 42.4 Å². The van der Waals surface area contributed by atoms with Gasteiger partial charge in [-0.25, -0.2) is 4.79 Å². The SMILES string of the molecule is O=C1O[C@@H](OCCC(O)C(F)(F)F)C2CCc3ccccc3N12. The maximum atomic E-state index is 12.2. The van der Waals surface area contributed by atoms with E-state index in [4.69, 9.17) is 14.6 Å². The van der Waals surface area contributed by atoms with Crippen LogP contribution in [0.2, 0.25) is 0 Å². The molecule has 0 aliphatic carbocycles. The maximum absolute atomic E-state index is 12.2. The number of alkyl halides is 3. The summed E-state index contributed by atoms with van der Waals surface area (Å²) in [7, 11) is 0. The number of hydrogen-bond acceptors (Lipinski definition) is 4. The largest absolute Gasteiger partial charge is 0.417 e. The Balaban J connectivity index is 1.63. The van der Waals surface area contributed by atoms with Crippen molar-refractivity contribution in [3.8, 4) is 0 Å². The van der Waals surface area contributed by atoms with Gasteiger partial charge in [0.1, 0.15) is 6.04 Å². The Morgan fingerprint density at radius 1 is 1.39 bits per heavy atom. The summed E-state index contributed by atoms with van der Waals surface area (Å²) in [6.07, 6.45) is -7.86. The number of fused-ring (bicyclic) bond motifs is 3.